The number of hydrogen-bond donors (Lipinski definition) is 0. The Kier molecular flexibility index (Phi) is 14.7. The maximum atomic E-state index is 15.4. The quantitative estimate of drug-likeness (QED) is 0.143. The van der Waals surface area contributed by atoms with Crippen LogP contribution in [0.4, 0.5) is 0 Å². The molecule has 0 radical (unpaired) electrons. The summed E-state index contributed by atoms with van der Waals surface area (Å²) in [5.74, 6) is -10.7. The normalized spacial score (nSPS) is 28.0. The van der Waals surface area contributed by atoms with E-state index in [4.69, 9.17) is 33.2 Å². The lowest BCUT2D eigenvalue weighted by atomic mass is 9.72. The minimum Gasteiger partial charge on any atom is -0.458 e. The maximum absolute atomic E-state index is 15.4. The molecule has 0 unspecified atom stereocenters. The number of hydrogen-bond acceptors (Lipinski definition) is 17. The highest BCUT2D eigenvalue weighted by molar-refractivity contribution is 5.95. The lowest BCUT2D eigenvalue weighted by Gasteiger charge is -2.44. The third-order valence-corrected chi connectivity index (χ3v) is 10.9. The highest BCUT2D eigenvalue weighted by Gasteiger charge is 2.72. The molecular formula is C47H50N2O15. The summed E-state index contributed by atoms with van der Waals surface area (Å²) in [6, 6.07) is 13.4. The Bertz CT molecular complexity index is 2310. The molecule has 5 rings (SSSR count). The Morgan fingerprint density at radius 2 is 1.17 bits per heavy atom. The number of rotatable bonds is 10. The standard InChI is InChI=1S/C47H50N2O15/c1-26-19-20-45(7,8)41(62-43(56)33-17-13-21-48-23-33)38(59-29(4)51)37(61-42(55)32-15-11-10-12-16-32)27(2)36(58-28(3)50)35-40(60-30(5)52)46(9,25-47(35,39(26)54)63-31(6)53)64-44(57)34-18-14-22-49-24-34/h10-24,26,35-38,40-41H,2,25H2,1,3-9H3/b20-19+/t26-,35-,36+,37-,38+,40+,41+,46+,47+/m0/s1. The Morgan fingerprint density at radius 3 is 1.70 bits per heavy atom. The van der Waals surface area contributed by atoms with Crippen LogP contribution in [0, 0.1) is 17.3 Å². The van der Waals surface area contributed by atoms with Crippen LogP contribution in [0.1, 0.15) is 92.9 Å². The van der Waals surface area contributed by atoms with Gasteiger partial charge in [-0.05, 0) is 43.3 Å². The summed E-state index contributed by atoms with van der Waals surface area (Å²) in [6.07, 6.45) is -1.58. The Balaban J connectivity index is 1.87. The monoisotopic (exact) mass is 882 g/mol. The number of benzene rings is 1. The summed E-state index contributed by atoms with van der Waals surface area (Å²) in [5, 5.41) is 0. The molecule has 1 fully saturated rings. The maximum Gasteiger partial charge on any atom is 0.340 e. The molecule has 2 aromatic heterocycles. The molecular weight excluding hydrogens is 833 g/mol. The molecule has 3 aromatic rings. The van der Waals surface area contributed by atoms with Crippen LogP contribution >= 0.6 is 0 Å². The van der Waals surface area contributed by atoms with Crippen LogP contribution in [0.25, 0.3) is 0 Å². The Hall–Kier alpha value is -7.04. The van der Waals surface area contributed by atoms with Crippen LogP contribution in [0.2, 0.25) is 0 Å². The topological polar surface area (TPSA) is 227 Å². The van der Waals surface area contributed by atoms with Gasteiger partial charge in [-0.3, -0.25) is 33.9 Å². The first-order valence-electron chi connectivity index (χ1n) is 20.2. The van der Waals surface area contributed by atoms with E-state index in [1.165, 1.54) is 87.2 Å². The number of carbonyl (C=O) groups is 8. The van der Waals surface area contributed by atoms with Crippen molar-refractivity contribution in [2.45, 2.75) is 104 Å². The Labute approximate surface area is 369 Å². The number of ketones is 1. The minimum atomic E-state index is -2.48. The van der Waals surface area contributed by atoms with Gasteiger partial charge in [0.05, 0.1) is 22.6 Å². The molecule has 2 aliphatic carbocycles. The van der Waals surface area contributed by atoms with Crippen molar-refractivity contribution < 1.29 is 71.5 Å². The number of nitrogens with zero attached hydrogens (tertiary/aromatic N) is 2. The van der Waals surface area contributed by atoms with Crippen LogP contribution in [-0.2, 0) is 57.1 Å². The molecule has 1 aromatic carbocycles. The number of fused-ring (bicyclic) bond motifs is 1. The average molecular weight is 883 g/mol. The third kappa shape index (κ3) is 10.6. The molecule has 0 N–H and O–H groups in total. The van der Waals surface area contributed by atoms with Gasteiger partial charge >= 0.3 is 41.8 Å². The minimum absolute atomic E-state index is 0.00176. The fourth-order valence-corrected chi connectivity index (χ4v) is 8.23. The highest BCUT2D eigenvalue weighted by Crippen LogP contribution is 2.54. The second kappa shape index (κ2) is 19.6. The molecule has 0 bridgehead atoms. The van der Waals surface area contributed by atoms with Gasteiger partial charge in [-0.2, -0.15) is 0 Å². The summed E-state index contributed by atoms with van der Waals surface area (Å²) in [4.78, 5) is 119. The van der Waals surface area contributed by atoms with E-state index in [0.29, 0.717) is 0 Å². The zero-order valence-corrected chi connectivity index (χ0v) is 36.6. The van der Waals surface area contributed by atoms with Gasteiger partial charge in [0, 0.05) is 75.8 Å². The van der Waals surface area contributed by atoms with E-state index in [1.807, 2.05) is 0 Å². The van der Waals surface area contributed by atoms with E-state index < -0.39 is 119 Å². The summed E-state index contributed by atoms with van der Waals surface area (Å²) < 4.78 is 42.5. The first kappa shape index (κ1) is 48.0. The van der Waals surface area contributed by atoms with Crippen molar-refractivity contribution in [3.05, 3.63) is 120 Å². The summed E-state index contributed by atoms with van der Waals surface area (Å²) >= 11 is 0. The van der Waals surface area contributed by atoms with Crippen molar-refractivity contribution in [3.8, 4) is 0 Å². The van der Waals surface area contributed by atoms with Crippen LogP contribution in [0.3, 0.4) is 0 Å². The fraction of sp³-hybridized carbons (Fsp3) is 0.404. The van der Waals surface area contributed by atoms with Crippen molar-refractivity contribution in [1.29, 1.82) is 0 Å². The van der Waals surface area contributed by atoms with E-state index in [0.717, 1.165) is 27.7 Å². The lowest BCUT2D eigenvalue weighted by Crippen LogP contribution is -2.59. The highest BCUT2D eigenvalue weighted by atomic mass is 16.6. The van der Waals surface area contributed by atoms with Gasteiger partial charge in [-0.25, -0.2) is 14.4 Å². The van der Waals surface area contributed by atoms with Crippen LogP contribution < -0.4 is 0 Å². The number of Topliss-reactive ketones (excluding diaryl/α,β-unsaturated/α-hetero) is 1. The molecule has 17 heteroatoms. The third-order valence-electron chi connectivity index (χ3n) is 10.9. The molecule has 2 heterocycles. The van der Waals surface area contributed by atoms with Crippen LogP contribution in [0.15, 0.2) is 104 Å². The van der Waals surface area contributed by atoms with Gasteiger partial charge in [0.25, 0.3) is 0 Å². The number of allylic oxidation sites excluding steroid dienone is 1. The molecule has 0 amide bonds. The van der Waals surface area contributed by atoms with E-state index in [2.05, 4.69) is 16.5 Å². The fourth-order valence-electron chi connectivity index (χ4n) is 8.23. The number of carbonyl (C=O) groups excluding carboxylic acids is 8. The molecule has 17 nitrogen and oxygen atoms in total. The van der Waals surface area contributed by atoms with Crippen molar-refractivity contribution in [2.75, 3.05) is 0 Å². The molecule has 1 saturated carbocycles. The molecule has 64 heavy (non-hydrogen) atoms. The van der Waals surface area contributed by atoms with Crippen molar-refractivity contribution in [1.82, 2.24) is 9.97 Å². The predicted molar refractivity (Wildman–Crippen MR) is 223 cm³/mol. The van der Waals surface area contributed by atoms with Gasteiger partial charge in [0.1, 0.15) is 6.10 Å². The molecule has 338 valence electrons. The number of esters is 7. The van der Waals surface area contributed by atoms with Crippen molar-refractivity contribution >= 4 is 47.6 Å². The molecule has 0 aliphatic heterocycles. The van der Waals surface area contributed by atoms with Crippen molar-refractivity contribution in [3.63, 3.8) is 0 Å². The van der Waals surface area contributed by atoms with Crippen molar-refractivity contribution in [2.24, 2.45) is 17.3 Å². The van der Waals surface area contributed by atoms with Gasteiger partial charge in [0.15, 0.2) is 41.4 Å². The summed E-state index contributed by atoms with van der Waals surface area (Å²) in [7, 11) is 0. The zero-order chi connectivity index (χ0) is 47.1. The lowest BCUT2D eigenvalue weighted by molar-refractivity contribution is -0.189. The predicted octanol–water partition coefficient (Wildman–Crippen LogP) is 5.32. The van der Waals surface area contributed by atoms with Crippen LogP contribution in [-0.4, -0.2) is 99.3 Å². The van der Waals surface area contributed by atoms with E-state index in [9.17, 15) is 33.6 Å². The van der Waals surface area contributed by atoms with Gasteiger partial charge in [-0.15, -0.1) is 0 Å². The number of pyridine rings is 2. The van der Waals surface area contributed by atoms with E-state index >= 15 is 4.79 Å². The summed E-state index contributed by atoms with van der Waals surface area (Å²) in [5.41, 5.74) is -6.44. The first-order chi connectivity index (χ1) is 30.1. The first-order valence-corrected chi connectivity index (χ1v) is 20.2. The van der Waals surface area contributed by atoms with Gasteiger partial charge in [-0.1, -0.05) is 57.7 Å². The summed E-state index contributed by atoms with van der Waals surface area (Å²) in [6.45, 7) is 14.4. The smallest absolute Gasteiger partial charge is 0.340 e. The molecule has 0 spiro atoms. The second-order valence-electron chi connectivity index (χ2n) is 16.4. The zero-order valence-electron chi connectivity index (χ0n) is 36.6. The van der Waals surface area contributed by atoms with E-state index in [-0.39, 0.29) is 16.7 Å². The SMILES string of the molecule is C=C1[C@@H](OC(C)=O)[C@H]2[C@@H](OC(C)=O)[C@](C)(OC(=O)c3cccnc3)C[C@]2(OC(C)=O)C(=O)[C@@H](C)/C=C/C(C)(C)[C@H](OC(=O)c2cccnc2)[C@H](OC(C)=O)[C@H]1OC(=O)c1ccccc1. The molecule has 0 saturated heterocycles. The largest absolute Gasteiger partial charge is 0.458 e. The van der Waals surface area contributed by atoms with Gasteiger partial charge in [0.2, 0.25) is 0 Å². The number of aromatic nitrogens is 2. The molecule has 9 atom stereocenters. The average Bonchev–Trinajstić information content (AvgIpc) is 3.47. The second-order valence-corrected chi connectivity index (χ2v) is 16.4. The van der Waals surface area contributed by atoms with Gasteiger partial charge < -0.3 is 33.2 Å². The van der Waals surface area contributed by atoms with Crippen LogP contribution in [0.5, 0.6) is 0 Å². The number of ether oxygens (including phenoxy) is 7. The molecule has 2 aliphatic rings. The Morgan fingerprint density at radius 1 is 0.625 bits per heavy atom. The van der Waals surface area contributed by atoms with E-state index in [1.54, 1.807) is 32.0 Å².